The third-order valence-electron chi connectivity index (χ3n) is 2.46. The smallest absolute Gasteiger partial charge is 0.129 e. The normalized spacial score (nSPS) is 13.0. The van der Waals surface area contributed by atoms with Crippen LogP contribution in [0.2, 0.25) is 0 Å². The fourth-order valence-corrected chi connectivity index (χ4v) is 1.46. The Morgan fingerprint density at radius 2 is 2.21 bits per heavy atom. The molecule has 1 N–H and O–H groups in total. The third-order valence-corrected chi connectivity index (χ3v) is 2.46. The molecule has 0 amide bonds. The Morgan fingerprint density at radius 1 is 1.36 bits per heavy atom. The van der Waals surface area contributed by atoms with E-state index in [4.69, 9.17) is 4.74 Å². The molecule has 74 valence electrons. The Bertz CT molecular complexity index is 419. The minimum Gasteiger partial charge on any atom is -0.490 e. The molecule has 0 aliphatic heterocycles. The number of aromatic nitrogens is 1. The van der Waals surface area contributed by atoms with E-state index in [1.165, 1.54) is 0 Å². The van der Waals surface area contributed by atoms with Crippen LogP contribution < -0.4 is 4.74 Å². The molecular weight excluding hydrogens is 174 g/mol. The van der Waals surface area contributed by atoms with Crippen LogP contribution in [0.25, 0.3) is 10.9 Å². The average Bonchev–Trinajstić information content (AvgIpc) is 2.66. The third kappa shape index (κ3) is 1.60. The van der Waals surface area contributed by atoms with Gasteiger partial charge in [0.1, 0.15) is 5.75 Å². The molecule has 2 rings (SSSR count). The van der Waals surface area contributed by atoms with E-state index in [1.807, 2.05) is 24.4 Å². The molecule has 2 aromatic rings. The van der Waals surface area contributed by atoms with Crippen molar-refractivity contribution in [2.75, 3.05) is 0 Å². The van der Waals surface area contributed by atoms with Crippen LogP contribution >= 0.6 is 0 Å². The number of nitrogens with one attached hydrogen (secondary N) is 1. The first-order chi connectivity index (χ1) is 6.81. The van der Waals surface area contributed by atoms with Crippen LogP contribution in [0.1, 0.15) is 20.3 Å². The van der Waals surface area contributed by atoms with Gasteiger partial charge in [0, 0.05) is 17.1 Å². The number of benzene rings is 1. The number of rotatable bonds is 3. The fraction of sp³-hybridized carbons (Fsp3) is 0.333. The molecule has 1 unspecified atom stereocenters. The van der Waals surface area contributed by atoms with Gasteiger partial charge in [-0.3, -0.25) is 0 Å². The molecule has 1 atom stereocenters. The standard InChI is InChI=1S/C12H15NO/c1-3-9(2)14-12-6-4-5-11-10(12)7-8-13-11/h4-9,13H,3H2,1-2H3. The summed E-state index contributed by atoms with van der Waals surface area (Å²) in [5.74, 6) is 0.970. The van der Waals surface area contributed by atoms with Crippen molar-refractivity contribution in [2.45, 2.75) is 26.4 Å². The van der Waals surface area contributed by atoms with Gasteiger partial charge in [-0.1, -0.05) is 13.0 Å². The highest BCUT2D eigenvalue weighted by molar-refractivity contribution is 5.85. The van der Waals surface area contributed by atoms with Gasteiger partial charge in [-0.2, -0.15) is 0 Å². The second kappa shape index (κ2) is 3.74. The maximum atomic E-state index is 5.82. The van der Waals surface area contributed by atoms with Crippen LogP contribution in [0.4, 0.5) is 0 Å². The molecule has 1 heterocycles. The van der Waals surface area contributed by atoms with Crippen molar-refractivity contribution in [1.29, 1.82) is 0 Å². The zero-order valence-electron chi connectivity index (χ0n) is 8.58. The summed E-state index contributed by atoms with van der Waals surface area (Å²) in [4.78, 5) is 3.17. The van der Waals surface area contributed by atoms with Crippen LogP contribution in [0.3, 0.4) is 0 Å². The first-order valence-electron chi connectivity index (χ1n) is 5.04. The van der Waals surface area contributed by atoms with E-state index in [1.54, 1.807) is 0 Å². The van der Waals surface area contributed by atoms with E-state index in [9.17, 15) is 0 Å². The van der Waals surface area contributed by atoms with E-state index >= 15 is 0 Å². The van der Waals surface area contributed by atoms with Crippen molar-refractivity contribution in [1.82, 2.24) is 4.98 Å². The number of hydrogen-bond donors (Lipinski definition) is 1. The summed E-state index contributed by atoms with van der Waals surface area (Å²) in [5.41, 5.74) is 1.13. The second-order valence-electron chi connectivity index (χ2n) is 3.53. The van der Waals surface area contributed by atoms with Crippen LogP contribution in [-0.2, 0) is 0 Å². The van der Waals surface area contributed by atoms with Crippen molar-refractivity contribution in [2.24, 2.45) is 0 Å². The molecule has 0 fully saturated rings. The zero-order chi connectivity index (χ0) is 9.97. The molecule has 14 heavy (non-hydrogen) atoms. The minimum absolute atomic E-state index is 0.274. The summed E-state index contributed by atoms with van der Waals surface area (Å²) in [7, 11) is 0. The van der Waals surface area contributed by atoms with Gasteiger partial charge in [0.05, 0.1) is 6.10 Å². The van der Waals surface area contributed by atoms with Gasteiger partial charge in [-0.05, 0) is 31.5 Å². The van der Waals surface area contributed by atoms with E-state index in [2.05, 4.69) is 24.9 Å². The van der Waals surface area contributed by atoms with Gasteiger partial charge in [0.25, 0.3) is 0 Å². The largest absolute Gasteiger partial charge is 0.490 e. The number of fused-ring (bicyclic) bond motifs is 1. The van der Waals surface area contributed by atoms with E-state index in [0.29, 0.717) is 0 Å². The van der Waals surface area contributed by atoms with Crippen LogP contribution in [0.15, 0.2) is 30.5 Å². The number of hydrogen-bond acceptors (Lipinski definition) is 1. The maximum absolute atomic E-state index is 5.82. The Morgan fingerprint density at radius 3 is 3.00 bits per heavy atom. The van der Waals surface area contributed by atoms with E-state index < -0.39 is 0 Å². The Kier molecular flexibility index (Phi) is 2.44. The number of H-pyrrole nitrogens is 1. The van der Waals surface area contributed by atoms with Crippen molar-refractivity contribution in [3.05, 3.63) is 30.5 Å². The SMILES string of the molecule is CCC(C)Oc1cccc2[nH]ccc12. The van der Waals surface area contributed by atoms with Gasteiger partial charge in [-0.15, -0.1) is 0 Å². The van der Waals surface area contributed by atoms with Crippen molar-refractivity contribution < 1.29 is 4.74 Å². The summed E-state index contributed by atoms with van der Waals surface area (Å²) in [6, 6.07) is 8.13. The highest BCUT2D eigenvalue weighted by Gasteiger charge is 2.05. The van der Waals surface area contributed by atoms with Crippen molar-refractivity contribution >= 4 is 10.9 Å². The Hall–Kier alpha value is -1.44. The fourth-order valence-electron chi connectivity index (χ4n) is 1.46. The summed E-state index contributed by atoms with van der Waals surface area (Å²) in [6.45, 7) is 4.22. The highest BCUT2D eigenvalue weighted by Crippen LogP contribution is 2.25. The molecule has 1 aromatic carbocycles. The summed E-state index contributed by atoms with van der Waals surface area (Å²) < 4.78 is 5.82. The molecule has 0 saturated carbocycles. The van der Waals surface area contributed by atoms with Crippen molar-refractivity contribution in [3.63, 3.8) is 0 Å². The highest BCUT2D eigenvalue weighted by atomic mass is 16.5. The number of ether oxygens (including phenoxy) is 1. The molecular formula is C12H15NO. The first-order valence-corrected chi connectivity index (χ1v) is 5.04. The van der Waals surface area contributed by atoms with Crippen LogP contribution in [0, 0.1) is 0 Å². The second-order valence-corrected chi connectivity index (χ2v) is 3.53. The van der Waals surface area contributed by atoms with E-state index in [0.717, 1.165) is 23.1 Å². The van der Waals surface area contributed by atoms with Gasteiger partial charge < -0.3 is 9.72 Å². The quantitative estimate of drug-likeness (QED) is 0.787. The molecule has 0 saturated heterocycles. The lowest BCUT2D eigenvalue weighted by molar-refractivity contribution is 0.220. The summed E-state index contributed by atoms with van der Waals surface area (Å²) in [5, 5.41) is 1.16. The molecule has 0 aliphatic rings. The number of aromatic amines is 1. The maximum Gasteiger partial charge on any atom is 0.129 e. The summed E-state index contributed by atoms with van der Waals surface area (Å²) in [6.07, 6.45) is 3.24. The lowest BCUT2D eigenvalue weighted by Crippen LogP contribution is -2.09. The molecule has 0 aliphatic carbocycles. The first kappa shape index (κ1) is 9.13. The molecule has 1 aromatic heterocycles. The Labute approximate surface area is 83.9 Å². The van der Waals surface area contributed by atoms with Crippen LogP contribution in [0.5, 0.6) is 5.75 Å². The van der Waals surface area contributed by atoms with E-state index in [-0.39, 0.29) is 6.10 Å². The molecule has 0 spiro atoms. The lowest BCUT2D eigenvalue weighted by Gasteiger charge is -2.13. The average molecular weight is 189 g/mol. The van der Waals surface area contributed by atoms with Gasteiger partial charge in [0.15, 0.2) is 0 Å². The summed E-state index contributed by atoms with van der Waals surface area (Å²) >= 11 is 0. The molecule has 0 radical (unpaired) electrons. The minimum atomic E-state index is 0.274. The predicted molar refractivity (Wildman–Crippen MR) is 58.7 cm³/mol. The lowest BCUT2D eigenvalue weighted by atomic mass is 10.2. The predicted octanol–water partition coefficient (Wildman–Crippen LogP) is 3.35. The van der Waals surface area contributed by atoms with Crippen LogP contribution in [-0.4, -0.2) is 11.1 Å². The zero-order valence-corrected chi connectivity index (χ0v) is 8.58. The van der Waals surface area contributed by atoms with Gasteiger partial charge in [0.2, 0.25) is 0 Å². The Balaban J connectivity index is 2.36. The van der Waals surface area contributed by atoms with Crippen molar-refractivity contribution in [3.8, 4) is 5.75 Å². The van der Waals surface area contributed by atoms with Gasteiger partial charge >= 0.3 is 0 Å². The molecule has 2 heteroatoms. The monoisotopic (exact) mass is 189 g/mol. The molecule has 0 bridgehead atoms. The molecule has 2 nitrogen and oxygen atoms in total. The van der Waals surface area contributed by atoms with Gasteiger partial charge in [-0.25, -0.2) is 0 Å². The topological polar surface area (TPSA) is 25.0 Å².